The quantitative estimate of drug-likeness (QED) is 0.662. The standard InChI is InChI=1S/C18H17BrClNO3/c1-18(2,3)24-17(23)21-15-9-6-12(10-14(15)19)16(22)11-4-7-13(20)8-5-11/h4-10H,1-3H3,(H,21,23). The number of halogens is 2. The zero-order valence-corrected chi connectivity index (χ0v) is 15.9. The van der Waals surface area contributed by atoms with E-state index in [2.05, 4.69) is 21.2 Å². The van der Waals surface area contributed by atoms with Gasteiger partial charge in [-0.1, -0.05) is 11.6 Å². The van der Waals surface area contributed by atoms with Gasteiger partial charge in [0.25, 0.3) is 0 Å². The van der Waals surface area contributed by atoms with Crippen molar-refractivity contribution in [1.82, 2.24) is 0 Å². The molecule has 0 bridgehead atoms. The highest BCUT2D eigenvalue weighted by atomic mass is 79.9. The van der Waals surface area contributed by atoms with Crippen molar-refractivity contribution in [1.29, 1.82) is 0 Å². The topological polar surface area (TPSA) is 55.4 Å². The van der Waals surface area contributed by atoms with E-state index in [1.54, 1.807) is 63.2 Å². The summed E-state index contributed by atoms with van der Waals surface area (Å²) in [4.78, 5) is 24.3. The number of amides is 1. The highest BCUT2D eigenvalue weighted by Crippen LogP contribution is 2.26. The lowest BCUT2D eigenvalue weighted by molar-refractivity contribution is 0.0635. The normalized spacial score (nSPS) is 11.0. The first-order valence-electron chi connectivity index (χ1n) is 7.25. The van der Waals surface area contributed by atoms with E-state index in [0.717, 1.165) is 0 Å². The van der Waals surface area contributed by atoms with E-state index in [4.69, 9.17) is 16.3 Å². The summed E-state index contributed by atoms with van der Waals surface area (Å²) in [5, 5.41) is 3.22. The molecule has 0 aliphatic heterocycles. The molecule has 0 spiro atoms. The number of ketones is 1. The van der Waals surface area contributed by atoms with E-state index in [1.165, 1.54) is 0 Å². The van der Waals surface area contributed by atoms with Gasteiger partial charge in [0.2, 0.25) is 0 Å². The molecule has 126 valence electrons. The van der Waals surface area contributed by atoms with Crippen LogP contribution in [0.4, 0.5) is 10.5 Å². The van der Waals surface area contributed by atoms with Gasteiger partial charge in [-0.2, -0.15) is 0 Å². The van der Waals surface area contributed by atoms with Crippen molar-refractivity contribution in [3.63, 3.8) is 0 Å². The molecule has 0 atom stereocenters. The Kier molecular flexibility index (Phi) is 5.67. The molecule has 0 unspecified atom stereocenters. The number of nitrogens with one attached hydrogen (secondary N) is 1. The summed E-state index contributed by atoms with van der Waals surface area (Å²) in [7, 11) is 0. The summed E-state index contributed by atoms with van der Waals surface area (Å²) in [5.41, 5.74) is 0.983. The van der Waals surface area contributed by atoms with Gasteiger partial charge in [0, 0.05) is 20.6 Å². The Hall–Kier alpha value is -1.85. The van der Waals surface area contributed by atoms with Crippen LogP contribution in [0, 0.1) is 0 Å². The minimum atomic E-state index is -0.582. The molecule has 1 amide bonds. The number of hydrogen-bond donors (Lipinski definition) is 1. The van der Waals surface area contributed by atoms with Crippen LogP contribution in [0.15, 0.2) is 46.9 Å². The van der Waals surface area contributed by atoms with Crippen LogP contribution in [0.5, 0.6) is 0 Å². The maximum absolute atomic E-state index is 12.5. The van der Waals surface area contributed by atoms with E-state index in [0.29, 0.717) is 26.3 Å². The van der Waals surface area contributed by atoms with E-state index in [1.807, 2.05) is 0 Å². The van der Waals surface area contributed by atoms with Gasteiger partial charge in [0.15, 0.2) is 5.78 Å². The summed E-state index contributed by atoms with van der Waals surface area (Å²) >= 11 is 9.20. The maximum Gasteiger partial charge on any atom is 0.412 e. The molecule has 0 aliphatic rings. The van der Waals surface area contributed by atoms with Crippen LogP contribution in [0.25, 0.3) is 0 Å². The van der Waals surface area contributed by atoms with E-state index < -0.39 is 11.7 Å². The lowest BCUT2D eigenvalue weighted by Gasteiger charge is -2.20. The first kappa shape index (κ1) is 18.5. The number of ether oxygens (including phenoxy) is 1. The molecule has 0 aromatic heterocycles. The van der Waals surface area contributed by atoms with Gasteiger partial charge in [-0.15, -0.1) is 0 Å². The molecule has 4 nitrogen and oxygen atoms in total. The van der Waals surface area contributed by atoms with Gasteiger partial charge in [-0.05, 0) is 79.2 Å². The molecule has 1 N–H and O–H groups in total. The number of rotatable bonds is 3. The summed E-state index contributed by atoms with van der Waals surface area (Å²) in [6.07, 6.45) is -0.556. The Morgan fingerprint density at radius 1 is 1.04 bits per heavy atom. The van der Waals surface area contributed by atoms with Crippen molar-refractivity contribution < 1.29 is 14.3 Å². The van der Waals surface area contributed by atoms with Crippen molar-refractivity contribution >= 4 is 45.1 Å². The largest absolute Gasteiger partial charge is 0.444 e. The predicted octanol–water partition coefficient (Wildman–Crippen LogP) is 5.68. The Morgan fingerprint density at radius 3 is 2.17 bits per heavy atom. The number of carbonyl (C=O) groups excluding carboxylic acids is 2. The van der Waals surface area contributed by atoms with Crippen LogP contribution in [0.1, 0.15) is 36.7 Å². The Bertz CT molecular complexity index is 767. The first-order valence-corrected chi connectivity index (χ1v) is 8.42. The zero-order chi connectivity index (χ0) is 17.9. The third kappa shape index (κ3) is 5.08. The fourth-order valence-electron chi connectivity index (χ4n) is 1.94. The van der Waals surface area contributed by atoms with Crippen LogP contribution < -0.4 is 5.32 Å². The van der Waals surface area contributed by atoms with Gasteiger partial charge in [-0.25, -0.2) is 4.79 Å². The summed E-state index contributed by atoms with van der Waals surface area (Å²) in [6, 6.07) is 11.6. The molecule has 2 rings (SSSR count). The number of hydrogen-bond acceptors (Lipinski definition) is 3. The average Bonchev–Trinajstić information content (AvgIpc) is 2.47. The summed E-state index contributed by atoms with van der Waals surface area (Å²) in [5.74, 6) is -0.129. The molecule has 2 aromatic rings. The SMILES string of the molecule is CC(C)(C)OC(=O)Nc1ccc(C(=O)c2ccc(Cl)cc2)cc1Br. The maximum atomic E-state index is 12.5. The second-order valence-corrected chi connectivity index (χ2v) is 7.45. The van der Waals surface area contributed by atoms with Crippen LogP contribution in [0.3, 0.4) is 0 Å². The lowest BCUT2D eigenvalue weighted by atomic mass is 10.0. The molecule has 0 heterocycles. The molecular formula is C18H17BrClNO3. The number of benzene rings is 2. The number of carbonyl (C=O) groups is 2. The first-order chi connectivity index (χ1) is 11.2. The molecule has 0 aliphatic carbocycles. The minimum Gasteiger partial charge on any atom is -0.444 e. The van der Waals surface area contributed by atoms with Gasteiger partial charge in [0.1, 0.15) is 5.60 Å². The molecular weight excluding hydrogens is 394 g/mol. The van der Waals surface area contributed by atoms with E-state index >= 15 is 0 Å². The lowest BCUT2D eigenvalue weighted by Crippen LogP contribution is -2.27. The monoisotopic (exact) mass is 409 g/mol. The zero-order valence-electron chi connectivity index (χ0n) is 13.5. The third-order valence-corrected chi connectivity index (χ3v) is 3.88. The van der Waals surface area contributed by atoms with Crippen LogP contribution >= 0.6 is 27.5 Å². The molecule has 0 fully saturated rings. The summed E-state index contributed by atoms with van der Waals surface area (Å²) in [6.45, 7) is 5.36. The average molecular weight is 411 g/mol. The van der Waals surface area contributed by atoms with Gasteiger partial charge < -0.3 is 4.74 Å². The van der Waals surface area contributed by atoms with Crippen LogP contribution in [-0.2, 0) is 4.74 Å². The van der Waals surface area contributed by atoms with E-state index in [-0.39, 0.29) is 5.78 Å². The van der Waals surface area contributed by atoms with Crippen LogP contribution in [-0.4, -0.2) is 17.5 Å². The fraction of sp³-hybridized carbons (Fsp3) is 0.222. The molecule has 0 saturated heterocycles. The van der Waals surface area contributed by atoms with Crippen molar-refractivity contribution in [2.24, 2.45) is 0 Å². The van der Waals surface area contributed by atoms with Crippen molar-refractivity contribution in [2.75, 3.05) is 5.32 Å². The molecule has 6 heteroatoms. The Balaban J connectivity index is 2.16. The van der Waals surface area contributed by atoms with Crippen LogP contribution in [0.2, 0.25) is 5.02 Å². The minimum absolute atomic E-state index is 0.129. The Morgan fingerprint density at radius 2 is 1.62 bits per heavy atom. The van der Waals surface area contributed by atoms with Crippen molar-refractivity contribution in [2.45, 2.75) is 26.4 Å². The highest BCUT2D eigenvalue weighted by Gasteiger charge is 2.17. The Labute approximate surface area is 154 Å². The van der Waals surface area contributed by atoms with Crippen molar-refractivity contribution in [3.8, 4) is 0 Å². The third-order valence-electron chi connectivity index (χ3n) is 2.97. The van der Waals surface area contributed by atoms with Gasteiger partial charge in [-0.3, -0.25) is 10.1 Å². The molecule has 0 saturated carbocycles. The predicted molar refractivity (Wildman–Crippen MR) is 98.9 cm³/mol. The fourth-order valence-corrected chi connectivity index (χ4v) is 2.54. The highest BCUT2D eigenvalue weighted by molar-refractivity contribution is 9.10. The second kappa shape index (κ2) is 7.36. The van der Waals surface area contributed by atoms with Gasteiger partial charge >= 0.3 is 6.09 Å². The smallest absolute Gasteiger partial charge is 0.412 e. The number of anilines is 1. The van der Waals surface area contributed by atoms with Gasteiger partial charge in [0.05, 0.1) is 5.69 Å². The second-order valence-electron chi connectivity index (χ2n) is 6.16. The summed E-state index contributed by atoms with van der Waals surface area (Å²) < 4.78 is 5.80. The van der Waals surface area contributed by atoms with E-state index in [9.17, 15) is 9.59 Å². The molecule has 24 heavy (non-hydrogen) atoms. The molecule has 2 aromatic carbocycles. The van der Waals surface area contributed by atoms with Crippen molar-refractivity contribution in [3.05, 3.63) is 63.1 Å². The molecule has 0 radical (unpaired) electrons.